The van der Waals surface area contributed by atoms with Crippen LogP contribution in [0.4, 0.5) is 5.69 Å². The fourth-order valence-corrected chi connectivity index (χ4v) is 6.96. The Kier molecular flexibility index (Phi) is 4.80. The van der Waals surface area contributed by atoms with Crippen molar-refractivity contribution in [3.63, 3.8) is 0 Å². The molecule has 6 heteroatoms. The van der Waals surface area contributed by atoms with E-state index < -0.39 is 0 Å². The van der Waals surface area contributed by atoms with Gasteiger partial charge in [0.15, 0.2) is 0 Å². The number of aryl methyl sites for hydroxylation is 1. The summed E-state index contributed by atoms with van der Waals surface area (Å²) < 4.78 is 2.70. The number of nitrogens with zero attached hydrogens (tertiary/aromatic N) is 3. The minimum atomic E-state index is -0.277. The second kappa shape index (κ2) is 7.22. The number of hydrogen-bond donors (Lipinski definition) is 1. The maximum Gasteiger partial charge on any atom is 0.230 e. The van der Waals surface area contributed by atoms with Crippen molar-refractivity contribution in [2.75, 3.05) is 5.32 Å². The van der Waals surface area contributed by atoms with E-state index in [9.17, 15) is 4.79 Å². The lowest BCUT2D eigenvalue weighted by molar-refractivity contribution is -0.150. The predicted octanol–water partition coefficient (Wildman–Crippen LogP) is 5.32. The number of amides is 1. The smallest absolute Gasteiger partial charge is 0.230 e. The molecule has 1 aromatic carbocycles. The Morgan fingerprint density at radius 1 is 1.24 bits per heavy atom. The highest BCUT2D eigenvalue weighted by atomic mass is 79.9. The van der Waals surface area contributed by atoms with Crippen LogP contribution in [0.2, 0.25) is 0 Å². The summed E-state index contributed by atoms with van der Waals surface area (Å²) >= 11 is 3.40. The molecule has 4 aliphatic rings. The lowest BCUT2D eigenvalue weighted by Gasteiger charge is -2.60. The summed E-state index contributed by atoms with van der Waals surface area (Å²) in [5, 5.41) is 7.97. The van der Waals surface area contributed by atoms with Crippen molar-refractivity contribution in [2.24, 2.45) is 17.3 Å². The minimum Gasteiger partial charge on any atom is -0.325 e. The van der Waals surface area contributed by atoms with Crippen LogP contribution in [0.25, 0.3) is 0 Å². The molecule has 1 amide bonds. The largest absolute Gasteiger partial charge is 0.325 e. The van der Waals surface area contributed by atoms with E-state index in [-0.39, 0.29) is 16.9 Å². The van der Waals surface area contributed by atoms with Crippen molar-refractivity contribution in [2.45, 2.75) is 70.3 Å². The molecule has 1 N–H and O–H groups in total. The van der Waals surface area contributed by atoms with Crippen LogP contribution in [-0.2, 0) is 16.8 Å². The summed E-state index contributed by atoms with van der Waals surface area (Å²) in [6.07, 6.45) is 11.6. The van der Waals surface area contributed by atoms with Gasteiger partial charge in [0, 0.05) is 5.69 Å². The number of benzene rings is 1. The number of hydrogen-bond acceptors (Lipinski definition) is 3. The zero-order chi connectivity index (χ0) is 20.1. The second-order valence-electron chi connectivity index (χ2n) is 9.64. The Labute approximate surface area is 180 Å². The Morgan fingerprint density at radius 3 is 2.69 bits per heavy atom. The Morgan fingerprint density at radius 2 is 2.00 bits per heavy atom. The normalized spacial score (nSPS) is 32.5. The van der Waals surface area contributed by atoms with Gasteiger partial charge >= 0.3 is 0 Å². The third kappa shape index (κ3) is 3.33. The Hall–Kier alpha value is -1.69. The lowest BCUT2D eigenvalue weighted by atomic mass is 9.46. The summed E-state index contributed by atoms with van der Waals surface area (Å²) in [7, 11) is 0. The lowest BCUT2D eigenvalue weighted by Crippen LogP contribution is -2.60. The number of rotatable bonds is 6. The second-order valence-corrected chi connectivity index (χ2v) is 10.3. The number of aromatic nitrogens is 3. The molecule has 0 saturated heterocycles. The van der Waals surface area contributed by atoms with Crippen molar-refractivity contribution in [3.8, 4) is 0 Å². The number of carbonyl (C=O) groups is 1. The van der Waals surface area contributed by atoms with Crippen LogP contribution in [-0.4, -0.2) is 20.7 Å². The van der Waals surface area contributed by atoms with Crippen LogP contribution in [0.3, 0.4) is 0 Å². The first-order valence-corrected chi connectivity index (χ1v) is 11.8. The number of unbranched alkanes of at least 4 members (excludes halogenated alkanes) is 1. The standard InChI is InChI=1S/C23H29BrN4O/c1-2-3-6-18-7-4-5-8-19(18)26-20(29)22-10-16-9-17(11-22)13-23(12-16,14-22)28-15-25-21(24)27-28/h4-5,7-8,15-17H,2-3,6,9-14H2,1H3,(H,26,29)/t16-,17-,22?,23?/m1/s1. The van der Waals surface area contributed by atoms with Gasteiger partial charge in [-0.05, 0) is 90.8 Å². The van der Waals surface area contributed by atoms with E-state index in [0.29, 0.717) is 16.6 Å². The molecule has 2 atom stereocenters. The fourth-order valence-electron chi connectivity index (χ4n) is 6.70. The van der Waals surface area contributed by atoms with E-state index in [1.54, 1.807) is 0 Å². The van der Waals surface area contributed by atoms with Gasteiger partial charge in [-0.25, -0.2) is 9.67 Å². The topological polar surface area (TPSA) is 59.8 Å². The van der Waals surface area contributed by atoms with Crippen molar-refractivity contribution in [3.05, 3.63) is 40.9 Å². The molecule has 4 saturated carbocycles. The molecule has 0 aliphatic heterocycles. The highest BCUT2D eigenvalue weighted by Gasteiger charge is 2.61. The van der Waals surface area contributed by atoms with Gasteiger partial charge in [-0.15, -0.1) is 5.10 Å². The van der Waals surface area contributed by atoms with Gasteiger partial charge in [-0.2, -0.15) is 0 Å². The highest BCUT2D eigenvalue weighted by molar-refractivity contribution is 9.10. The predicted molar refractivity (Wildman–Crippen MR) is 116 cm³/mol. The average Bonchev–Trinajstić information content (AvgIpc) is 3.13. The first-order valence-electron chi connectivity index (χ1n) is 11.0. The van der Waals surface area contributed by atoms with Gasteiger partial charge in [0.05, 0.1) is 11.0 Å². The highest BCUT2D eigenvalue weighted by Crippen LogP contribution is 2.64. The van der Waals surface area contributed by atoms with Crippen LogP contribution in [0.5, 0.6) is 0 Å². The average molecular weight is 457 g/mol. The van der Waals surface area contributed by atoms with Gasteiger partial charge in [0.25, 0.3) is 0 Å². The molecule has 29 heavy (non-hydrogen) atoms. The summed E-state index contributed by atoms with van der Waals surface area (Å²) in [6, 6.07) is 8.31. The maximum absolute atomic E-state index is 13.7. The molecular weight excluding hydrogens is 428 g/mol. The third-order valence-corrected chi connectivity index (χ3v) is 7.89. The van der Waals surface area contributed by atoms with E-state index in [2.05, 4.69) is 61.1 Å². The summed E-state index contributed by atoms with van der Waals surface area (Å²) in [6.45, 7) is 2.21. The van der Waals surface area contributed by atoms with Gasteiger partial charge in [-0.1, -0.05) is 31.5 Å². The van der Waals surface area contributed by atoms with Crippen LogP contribution in [0.15, 0.2) is 35.3 Å². The number of anilines is 1. The molecule has 154 valence electrons. The van der Waals surface area contributed by atoms with E-state index in [1.165, 1.54) is 12.0 Å². The SMILES string of the molecule is CCCCc1ccccc1NC(=O)C12C[C@H]3C[C@H](C1)CC(n1cnc(Br)n1)(C3)C2. The van der Waals surface area contributed by atoms with Gasteiger partial charge in [-0.3, -0.25) is 4.79 Å². The maximum atomic E-state index is 13.7. The number of halogens is 1. The van der Waals surface area contributed by atoms with E-state index in [0.717, 1.165) is 57.1 Å². The van der Waals surface area contributed by atoms with Crippen molar-refractivity contribution < 1.29 is 4.79 Å². The van der Waals surface area contributed by atoms with E-state index in [1.807, 2.05) is 12.4 Å². The van der Waals surface area contributed by atoms with E-state index in [4.69, 9.17) is 0 Å². The summed E-state index contributed by atoms with van der Waals surface area (Å²) in [5.41, 5.74) is 1.92. The minimum absolute atomic E-state index is 0.0534. The fraction of sp³-hybridized carbons (Fsp3) is 0.609. The van der Waals surface area contributed by atoms with Crippen LogP contribution in [0.1, 0.15) is 63.9 Å². The molecule has 4 aliphatic carbocycles. The van der Waals surface area contributed by atoms with Crippen molar-refractivity contribution in [1.29, 1.82) is 0 Å². The third-order valence-electron chi connectivity index (χ3n) is 7.53. The van der Waals surface area contributed by atoms with Crippen LogP contribution >= 0.6 is 15.9 Å². The Bertz CT molecular complexity index is 909. The van der Waals surface area contributed by atoms with Crippen molar-refractivity contribution >= 4 is 27.5 Å². The first kappa shape index (κ1) is 19.3. The molecule has 0 radical (unpaired) electrons. The molecular formula is C23H29BrN4O. The van der Waals surface area contributed by atoms with Gasteiger partial charge in [0.2, 0.25) is 10.6 Å². The van der Waals surface area contributed by atoms with E-state index >= 15 is 0 Å². The monoisotopic (exact) mass is 456 g/mol. The van der Waals surface area contributed by atoms with Gasteiger partial charge < -0.3 is 5.32 Å². The molecule has 6 rings (SSSR count). The molecule has 4 fully saturated rings. The molecule has 0 spiro atoms. The molecule has 0 unspecified atom stereocenters. The number of para-hydroxylation sites is 1. The van der Waals surface area contributed by atoms with Crippen molar-refractivity contribution in [1.82, 2.24) is 14.8 Å². The van der Waals surface area contributed by atoms with Gasteiger partial charge in [0.1, 0.15) is 6.33 Å². The number of carbonyl (C=O) groups excluding carboxylic acids is 1. The van der Waals surface area contributed by atoms with Crippen LogP contribution in [0, 0.1) is 17.3 Å². The zero-order valence-corrected chi connectivity index (χ0v) is 18.6. The number of nitrogens with one attached hydrogen (secondary N) is 1. The Balaban J connectivity index is 1.43. The summed E-state index contributed by atoms with van der Waals surface area (Å²) in [4.78, 5) is 18.0. The summed E-state index contributed by atoms with van der Waals surface area (Å²) in [5.74, 6) is 1.44. The van der Waals surface area contributed by atoms with Crippen LogP contribution < -0.4 is 5.32 Å². The molecule has 1 heterocycles. The molecule has 2 aromatic rings. The molecule has 5 nitrogen and oxygen atoms in total. The molecule has 1 aromatic heterocycles. The zero-order valence-electron chi connectivity index (χ0n) is 17.0. The first-order chi connectivity index (χ1) is 14.0. The quantitative estimate of drug-likeness (QED) is 0.639. The molecule has 4 bridgehead atoms.